The highest BCUT2D eigenvalue weighted by atomic mass is 35.5. The highest BCUT2D eigenvalue weighted by Crippen LogP contribution is 2.27. The lowest BCUT2D eigenvalue weighted by Crippen LogP contribution is -2.49. The second-order valence-electron chi connectivity index (χ2n) is 7.19. The van der Waals surface area contributed by atoms with Crippen LogP contribution >= 0.6 is 23.2 Å². The summed E-state index contributed by atoms with van der Waals surface area (Å²) < 4.78 is 0. The Labute approximate surface area is 141 Å². The van der Waals surface area contributed by atoms with Gasteiger partial charge in [0.1, 0.15) is 0 Å². The Bertz CT molecular complexity index is 558. The Morgan fingerprint density at radius 2 is 1.45 bits per heavy atom. The quantitative estimate of drug-likeness (QED) is 0.804. The third-order valence-electron chi connectivity index (χ3n) is 2.75. The van der Waals surface area contributed by atoms with Gasteiger partial charge in [0.2, 0.25) is 0 Å². The van der Waals surface area contributed by atoms with Crippen LogP contribution in [0.2, 0.25) is 10.0 Å². The Balaban J connectivity index is 2.71. The van der Waals surface area contributed by atoms with Gasteiger partial charge >= 0.3 is 11.8 Å². The first-order valence-corrected chi connectivity index (χ1v) is 7.73. The zero-order valence-electron chi connectivity index (χ0n) is 13.5. The molecule has 0 aliphatic rings. The molecule has 0 heterocycles. The predicted molar refractivity (Wildman–Crippen MR) is 91.4 cm³/mol. The molecular weight excluding hydrogens is 323 g/mol. The maximum atomic E-state index is 12.0. The van der Waals surface area contributed by atoms with Gasteiger partial charge in [-0.2, -0.15) is 0 Å². The van der Waals surface area contributed by atoms with Crippen LogP contribution in [-0.2, 0) is 9.59 Å². The molecule has 1 aromatic carbocycles. The number of hydrogen-bond donors (Lipinski definition) is 2. The molecule has 4 nitrogen and oxygen atoms in total. The minimum absolute atomic E-state index is 0.0355. The van der Waals surface area contributed by atoms with Gasteiger partial charge in [0.15, 0.2) is 0 Å². The Morgan fingerprint density at radius 3 is 1.91 bits per heavy atom. The number of amides is 2. The van der Waals surface area contributed by atoms with Gasteiger partial charge in [-0.1, -0.05) is 44.0 Å². The molecule has 1 rings (SSSR count). The first kappa shape index (κ1) is 18.8. The van der Waals surface area contributed by atoms with Crippen LogP contribution < -0.4 is 10.6 Å². The van der Waals surface area contributed by atoms with Crippen LogP contribution in [0, 0.1) is 5.41 Å². The molecule has 0 bridgehead atoms. The number of carbonyl (C=O) groups excluding carboxylic acids is 2. The van der Waals surface area contributed by atoms with Crippen LogP contribution in [-0.4, -0.2) is 17.4 Å². The molecule has 22 heavy (non-hydrogen) atoms. The minimum Gasteiger partial charge on any atom is -0.343 e. The van der Waals surface area contributed by atoms with E-state index in [4.69, 9.17) is 23.2 Å². The maximum Gasteiger partial charge on any atom is 0.313 e. The van der Waals surface area contributed by atoms with Gasteiger partial charge in [-0.15, -0.1) is 0 Å². The molecule has 0 saturated heterocycles. The summed E-state index contributed by atoms with van der Waals surface area (Å²) in [6.07, 6.45) is 0.738. The number of benzene rings is 1. The maximum absolute atomic E-state index is 12.0. The van der Waals surface area contributed by atoms with Crippen LogP contribution in [0.4, 0.5) is 5.69 Å². The number of hydrogen-bond acceptors (Lipinski definition) is 2. The summed E-state index contributed by atoms with van der Waals surface area (Å²) in [7, 11) is 0. The van der Waals surface area contributed by atoms with E-state index in [1.807, 2.05) is 13.8 Å². The second kappa shape index (κ2) is 6.88. The third-order valence-corrected chi connectivity index (χ3v) is 3.19. The van der Waals surface area contributed by atoms with Crippen molar-refractivity contribution in [3.8, 4) is 0 Å². The Morgan fingerprint density at radius 1 is 0.955 bits per heavy atom. The average molecular weight is 345 g/mol. The zero-order chi connectivity index (χ0) is 17.1. The molecule has 0 atom stereocenters. The van der Waals surface area contributed by atoms with Gasteiger partial charge < -0.3 is 10.6 Å². The monoisotopic (exact) mass is 344 g/mol. The molecule has 0 unspecified atom stereocenters. The van der Waals surface area contributed by atoms with Crippen molar-refractivity contribution in [1.82, 2.24) is 5.32 Å². The lowest BCUT2D eigenvalue weighted by Gasteiger charge is -2.33. The van der Waals surface area contributed by atoms with Crippen molar-refractivity contribution in [2.24, 2.45) is 5.41 Å². The van der Waals surface area contributed by atoms with Crippen LogP contribution in [0.1, 0.15) is 41.0 Å². The first-order chi connectivity index (χ1) is 9.88. The Hall–Kier alpha value is -1.26. The van der Waals surface area contributed by atoms with E-state index < -0.39 is 17.4 Å². The molecule has 6 heteroatoms. The number of anilines is 1. The van der Waals surface area contributed by atoms with Gasteiger partial charge in [-0.05, 0) is 43.9 Å². The summed E-state index contributed by atoms with van der Waals surface area (Å²) in [6.45, 7) is 10.0. The third kappa shape index (κ3) is 6.67. The predicted octanol–water partition coefficient (Wildman–Crippen LogP) is 4.26. The molecule has 2 amide bonds. The smallest absolute Gasteiger partial charge is 0.313 e. The van der Waals surface area contributed by atoms with E-state index in [1.165, 1.54) is 12.1 Å². The van der Waals surface area contributed by atoms with Crippen molar-refractivity contribution >= 4 is 40.7 Å². The normalized spacial score (nSPS) is 12.0. The summed E-state index contributed by atoms with van der Waals surface area (Å²) in [4.78, 5) is 24.0. The van der Waals surface area contributed by atoms with Gasteiger partial charge in [-0.25, -0.2) is 0 Å². The highest BCUT2D eigenvalue weighted by Gasteiger charge is 2.29. The molecular formula is C16H22Cl2N2O2. The van der Waals surface area contributed by atoms with E-state index in [-0.39, 0.29) is 5.41 Å². The van der Waals surface area contributed by atoms with E-state index in [0.29, 0.717) is 15.7 Å². The van der Waals surface area contributed by atoms with Gasteiger partial charge in [0.25, 0.3) is 0 Å². The van der Waals surface area contributed by atoms with E-state index in [9.17, 15) is 9.59 Å². The number of carbonyl (C=O) groups is 2. The van der Waals surface area contributed by atoms with E-state index >= 15 is 0 Å². The fourth-order valence-electron chi connectivity index (χ4n) is 2.55. The average Bonchev–Trinajstić information content (AvgIpc) is 2.22. The van der Waals surface area contributed by atoms with Crippen molar-refractivity contribution in [2.45, 2.75) is 46.6 Å². The highest BCUT2D eigenvalue weighted by molar-refractivity contribution is 6.40. The molecule has 0 aliphatic carbocycles. The fourth-order valence-corrected chi connectivity index (χ4v) is 3.07. The van der Waals surface area contributed by atoms with Gasteiger partial charge in [0.05, 0.1) is 0 Å². The summed E-state index contributed by atoms with van der Waals surface area (Å²) >= 11 is 11.7. The topological polar surface area (TPSA) is 58.2 Å². The van der Waals surface area contributed by atoms with Gasteiger partial charge in [-0.3, -0.25) is 9.59 Å². The summed E-state index contributed by atoms with van der Waals surface area (Å²) in [5, 5.41) is 6.00. The standard InChI is InChI=1S/C16H22Cl2N2O2/c1-15(2,3)9-16(4,5)20-14(22)13(21)19-12-7-10(17)6-11(18)8-12/h6-8H,9H2,1-5H3,(H,19,21)(H,20,22). The van der Waals surface area contributed by atoms with Gasteiger partial charge in [0, 0.05) is 21.3 Å². The minimum atomic E-state index is -0.750. The van der Waals surface area contributed by atoms with Crippen molar-refractivity contribution in [1.29, 1.82) is 0 Å². The molecule has 0 saturated carbocycles. The largest absolute Gasteiger partial charge is 0.343 e. The number of halogens is 2. The number of rotatable bonds is 3. The lowest BCUT2D eigenvalue weighted by molar-refractivity contribution is -0.137. The van der Waals surface area contributed by atoms with Crippen molar-refractivity contribution < 1.29 is 9.59 Å². The van der Waals surface area contributed by atoms with E-state index in [0.717, 1.165) is 6.42 Å². The lowest BCUT2D eigenvalue weighted by atomic mass is 9.82. The molecule has 1 aromatic rings. The summed E-state index contributed by atoms with van der Waals surface area (Å²) in [6, 6.07) is 4.60. The molecule has 2 N–H and O–H groups in total. The van der Waals surface area contributed by atoms with Crippen LogP contribution in [0.3, 0.4) is 0 Å². The zero-order valence-corrected chi connectivity index (χ0v) is 15.0. The molecule has 0 aliphatic heterocycles. The number of nitrogens with one attached hydrogen (secondary N) is 2. The van der Waals surface area contributed by atoms with Crippen LogP contribution in [0.25, 0.3) is 0 Å². The summed E-state index contributed by atoms with van der Waals surface area (Å²) in [5.74, 6) is -1.44. The van der Waals surface area contributed by atoms with E-state index in [2.05, 4.69) is 31.4 Å². The Kier molecular flexibility index (Phi) is 5.88. The molecule has 0 fully saturated rings. The molecule has 122 valence electrons. The van der Waals surface area contributed by atoms with Crippen molar-refractivity contribution in [3.05, 3.63) is 28.2 Å². The second-order valence-corrected chi connectivity index (χ2v) is 8.06. The molecule has 0 radical (unpaired) electrons. The van der Waals surface area contributed by atoms with Crippen molar-refractivity contribution in [3.63, 3.8) is 0 Å². The summed E-state index contributed by atoms with van der Waals surface area (Å²) in [5.41, 5.74) is -0.0712. The SMILES string of the molecule is CC(C)(C)CC(C)(C)NC(=O)C(=O)Nc1cc(Cl)cc(Cl)c1. The van der Waals surface area contributed by atoms with Crippen molar-refractivity contribution in [2.75, 3.05) is 5.32 Å². The van der Waals surface area contributed by atoms with Crippen LogP contribution in [0.5, 0.6) is 0 Å². The first-order valence-electron chi connectivity index (χ1n) is 6.98. The van der Waals surface area contributed by atoms with Crippen LogP contribution in [0.15, 0.2) is 18.2 Å². The molecule has 0 aromatic heterocycles. The fraction of sp³-hybridized carbons (Fsp3) is 0.500. The van der Waals surface area contributed by atoms with E-state index in [1.54, 1.807) is 6.07 Å². The molecule has 0 spiro atoms.